The summed E-state index contributed by atoms with van der Waals surface area (Å²) < 4.78 is 32.9. The molecule has 2 aromatic heterocycles. The summed E-state index contributed by atoms with van der Waals surface area (Å²) >= 11 is 0. The van der Waals surface area contributed by atoms with Crippen LogP contribution in [0.1, 0.15) is 43.7 Å². The Morgan fingerprint density at radius 1 is 1.10 bits per heavy atom. The van der Waals surface area contributed by atoms with Crippen LogP contribution >= 0.6 is 0 Å². The smallest absolute Gasteiger partial charge is 0.208 e. The van der Waals surface area contributed by atoms with Crippen molar-refractivity contribution >= 4 is 15.8 Å². The molecule has 0 amide bonds. The highest BCUT2D eigenvalue weighted by atomic mass is 32.2. The van der Waals surface area contributed by atoms with E-state index in [1.165, 1.54) is 6.26 Å². The fraction of sp³-hybridized carbons (Fsp3) is 0.591. The second-order valence-electron chi connectivity index (χ2n) is 8.62. The zero-order valence-electron chi connectivity index (χ0n) is 17.9. The highest BCUT2D eigenvalue weighted by molar-refractivity contribution is 7.88. The molecule has 1 saturated carbocycles. The van der Waals surface area contributed by atoms with Crippen molar-refractivity contribution in [2.75, 3.05) is 30.9 Å². The van der Waals surface area contributed by atoms with Crippen LogP contribution in [-0.2, 0) is 14.8 Å². The fourth-order valence-corrected chi connectivity index (χ4v) is 5.57. The molecule has 0 unspecified atom stereocenters. The first kappa shape index (κ1) is 22.1. The summed E-state index contributed by atoms with van der Waals surface area (Å²) in [5, 5.41) is 0. The number of nitrogens with zero attached hydrogens (tertiary/aromatic N) is 4. The maximum absolute atomic E-state index is 11.9. The van der Waals surface area contributed by atoms with Crippen LogP contribution in [0, 0.1) is 5.92 Å². The van der Waals surface area contributed by atoms with Crippen LogP contribution in [0.5, 0.6) is 0 Å². The van der Waals surface area contributed by atoms with Gasteiger partial charge in [-0.05, 0) is 50.3 Å². The molecule has 2 aliphatic rings. The Labute approximate surface area is 184 Å². The molecule has 2 aromatic rings. The van der Waals surface area contributed by atoms with Gasteiger partial charge in [0.2, 0.25) is 10.0 Å². The monoisotopic (exact) mass is 445 g/mol. The molecule has 1 aliphatic carbocycles. The van der Waals surface area contributed by atoms with E-state index in [1.807, 2.05) is 24.3 Å². The normalized spacial score (nSPS) is 27.2. The Morgan fingerprint density at radius 2 is 1.94 bits per heavy atom. The van der Waals surface area contributed by atoms with Gasteiger partial charge in [-0.3, -0.25) is 0 Å². The Balaban J connectivity index is 1.34. The van der Waals surface area contributed by atoms with E-state index >= 15 is 0 Å². The number of aromatic nitrogens is 3. The van der Waals surface area contributed by atoms with Crippen LogP contribution in [-0.4, -0.2) is 61.5 Å². The molecule has 2 fully saturated rings. The minimum absolute atomic E-state index is 0.0741. The van der Waals surface area contributed by atoms with Gasteiger partial charge >= 0.3 is 0 Å². The van der Waals surface area contributed by atoms with E-state index in [0.717, 1.165) is 56.7 Å². The Bertz CT molecular complexity index is 921. The highest BCUT2D eigenvalue weighted by Crippen LogP contribution is 2.33. The number of rotatable bonds is 7. The van der Waals surface area contributed by atoms with Crippen molar-refractivity contribution in [2.45, 2.75) is 50.2 Å². The average Bonchev–Trinajstić information content (AvgIpc) is 2.79. The summed E-state index contributed by atoms with van der Waals surface area (Å²) in [4.78, 5) is 15.1. The maximum Gasteiger partial charge on any atom is 0.208 e. The molecule has 2 atom stereocenters. The van der Waals surface area contributed by atoms with Crippen molar-refractivity contribution in [3.05, 3.63) is 48.7 Å². The lowest BCUT2D eigenvalue weighted by Crippen LogP contribution is -2.52. The van der Waals surface area contributed by atoms with E-state index in [1.54, 1.807) is 18.7 Å². The van der Waals surface area contributed by atoms with Crippen molar-refractivity contribution in [2.24, 2.45) is 5.92 Å². The standard InChI is InChI=1S/C22H31N5O3S/c1-31(28,29)26-21-10-13-27(22-4-2-3-11-24-22)14-18(21)15-30-19-7-5-17(6-8-19)20-9-12-23-16-25-20/h2-4,9,11-12,16-19,21,26H,5-8,10,13-15H2,1H3/t17-,18-,19+,21-/m0/s1. The third-order valence-corrected chi connectivity index (χ3v) is 7.05. The summed E-state index contributed by atoms with van der Waals surface area (Å²) in [7, 11) is -3.27. The molecule has 168 valence electrons. The van der Waals surface area contributed by atoms with Crippen molar-refractivity contribution in [1.29, 1.82) is 0 Å². The Morgan fingerprint density at radius 3 is 2.61 bits per heavy atom. The van der Waals surface area contributed by atoms with Gasteiger partial charge in [0.1, 0.15) is 12.1 Å². The molecule has 31 heavy (non-hydrogen) atoms. The number of nitrogens with one attached hydrogen (secondary N) is 1. The fourth-order valence-electron chi connectivity index (χ4n) is 4.71. The molecule has 1 N–H and O–H groups in total. The maximum atomic E-state index is 11.9. The lowest BCUT2D eigenvalue weighted by molar-refractivity contribution is -0.00232. The summed E-state index contributed by atoms with van der Waals surface area (Å²) in [5.41, 5.74) is 1.11. The van der Waals surface area contributed by atoms with Crippen LogP contribution in [0.4, 0.5) is 5.82 Å². The van der Waals surface area contributed by atoms with Crippen molar-refractivity contribution < 1.29 is 13.2 Å². The van der Waals surface area contributed by atoms with Gasteiger partial charge < -0.3 is 9.64 Å². The number of ether oxygens (including phenoxy) is 1. The third kappa shape index (κ3) is 6.21. The van der Waals surface area contributed by atoms with Crippen molar-refractivity contribution in [1.82, 2.24) is 19.7 Å². The van der Waals surface area contributed by atoms with Crippen LogP contribution in [0.15, 0.2) is 43.0 Å². The number of piperidine rings is 1. The molecule has 9 heteroatoms. The predicted molar refractivity (Wildman–Crippen MR) is 119 cm³/mol. The van der Waals surface area contributed by atoms with Gasteiger partial charge in [-0.1, -0.05) is 6.07 Å². The lowest BCUT2D eigenvalue weighted by atomic mass is 9.85. The van der Waals surface area contributed by atoms with Gasteiger partial charge in [0.25, 0.3) is 0 Å². The third-order valence-electron chi connectivity index (χ3n) is 6.32. The molecule has 8 nitrogen and oxygen atoms in total. The zero-order valence-corrected chi connectivity index (χ0v) is 18.7. The molecular formula is C22H31N5O3S. The van der Waals surface area contributed by atoms with Crippen molar-refractivity contribution in [3.63, 3.8) is 0 Å². The SMILES string of the molecule is CS(=O)(=O)N[C@H]1CCN(c2ccccn2)C[C@H]1CO[C@H]1CC[C@@H](c2ccncn2)CC1. The molecule has 1 aliphatic heterocycles. The molecule has 0 aromatic carbocycles. The van der Waals surface area contributed by atoms with Gasteiger partial charge in [0, 0.05) is 49.1 Å². The van der Waals surface area contributed by atoms with E-state index < -0.39 is 10.0 Å². The van der Waals surface area contributed by atoms with E-state index in [2.05, 4.69) is 24.6 Å². The van der Waals surface area contributed by atoms with E-state index in [0.29, 0.717) is 12.5 Å². The molecule has 0 bridgehead atoms. The van der Waals surface area contributed by atoms with Gasteiger partial charge in [-0.2, -0.15) is 0 Å². The zero-order chi connectivity index (χ0) is 21.7. The quantitative estimate of drug-likeness (QED) is 0.699. The van der Waals surface area contributed by atoms with Gasteiger partial charge in [0.15, 0.2) is 0 Å². The second-order valence-corrected chi connectivity index (χ2v) is 10.4. The first-order chi connectivity index (χ1) is 15.0. The number of sulfonamides is 1. The molecule has 3 heterocycles. The topological polar surface area (TPSA) is 97.3 Å². The van der Waals surface area contributed by atoms with E-state index in [9.17, 15) is 8.42 Å². The van der Waals surface area contributed by atoms with Crippen LogP contribution in [0.25, 0.3) is 0 Å². The summed E-state index contributed by atoms with van der Waals surface area (Å²) in [6.07, 6.45) is 11.5. The first-order valence-electron chi connectivity index (χ1n) is 11.0. The summed E-state index contributed by atoms with van der Waals surface area (Å²) in [6, 6.07) is 7.76. The van der Waals surface area contributed by atoms with Crippen LogP contribution in [0.2, 0.25) is 0 Å². The van der Waals surface area contributed by atoms with Gasteiger partial charge in [-0.25, -0.2) is 28.1 Å². The van der Waals surface area contributed by atoms with Crippen molar-refractivity contribution in [3.8, 4) is 0 Å². The number of anilines is 1. The molecular weight excluding hydrogens is 414 g/mol. The Kier molecular flexibility index (Phi) is 7.14. The van der Waals surface area contributed by atoms with Gasteiger partial charge in [0.05, 0.1) is 19.0 Å². The van der Waals surface area contributed by atoms with Gasteiger partial charge in [-0.15, -0.1) is 0 Å². The molecule has 0 radical (unpaired) electrons. The van der Waals surface area contributed by atoms with E-state index in [4.69, 9.17) is 4.74 Å². The molecule has 1 saturated heterocycles. The number of pyridine rings is 1. The predicted octanol–water partition coefficient (Wildman–Crippen LogP) is 2.36. The number of hydrogen-bond donors (Lipinski definition) is 1. The minimum Gasteiger partial charge on any atom is -0.378 e. The highest BCUT2D eigenvalue weighted by Gasteiger charge is 2.33. The molecule has 4 rings (SSSR count). The van der Waals surface area contributed by atoms with Crippen LogP contribution < -0.4 is 9.62 Å². The second kappa shape index (κ2) is 10.0. The summed E-state index contributed by atoms with van der Waals surface area (Å²) in [5.74, 6) is 1.47. The average molecular weight is 446 g/mol. The summed E-state index contributed by atoms with van der Waals surface area (Å²) in [6.45, 7) is 2.03. The molecule has 0 spiro atoms. The van der Waals surface area contributed by atoms with Crippen LogP contribution in [0.3, 0.4) is 0 Å². The first-order valence-corrected chi connectivity index (χ1v) is 12.9. The number of hydrogen-bond acceptors (Lipinski definition) is 7. The lowest BCUT2D eigenvalue weighted by Gasteiger charge is -2.40. The Hall–Kier alpha value is -2.10. The minimum atomic E-state index is -3.27. The largest absolute Gasteiger partial charge is 0.378 e. The van der Waals surface area contributed by atoms with E-state index in [-0.39, 0.29) is 18.1 Å².